The van der Waals surface area contributed by atoms with Crippen LogP contribution in [0.15, 0.2) is 59.1 Å². The van der Waals surface area contributed by atoms with Crippen molar-refractivity contribution < 1.29 is 19.1 Å². The summed E-state index contributed by atoms with van der Waals surface area (Å²) >= 11 is 0. The number of aromatic nitrogens is 1. The molecule has 1 fully saturated rings. The topological polar surface area (TPSA) is 71.2 Å². The van der Waals surface area contributed by atoms with Crippen LogP contribution in [0.1, 0.15) is 43.7 Å². The highest BCUT2D eigenvalue weighted by atomic mass is 16.5. The van der Waals surface area contributed by atoms with Crippen LogP contribution < -0.4 is 9.64 Å². The number of methoxy groups -OCH3 is 1. The Morgan fingerprint density at radius 3 is 2.68 bits per heavy atom. The lowest BCUT2D eigenvalue weighted by molar-refractivity contribution is 0.0615. The van der Waals surface area contributed by atoms with Crippen LogP contribution in [0.5, 0.6) is 5.75 Å². The summed E-state index contributed by atoms with van der Waals surface area (Å²) in [6.07, 6.45) is 3.76. The first-order valence-corrected chi connectivity index (χ1v) is 13.4. The molecular formula is C30H41N3O4. The van der Waals surface area contributed by atoms with E-state index in [1.165, 1.54) is 6.42 Å². The Labute approximate surface area is 221 Å². The SMILES string of the molecule is COCCCN(Cc1c(-c2ccccc2)noc1N1CCCCC1C)CC(O)COc1ccccc1C. The minimum absolute atomic E-state index is 0.233. The molecule has 7 heteroatoms. The van der Waals surface area contributed by atoms with Gasteiger partial charge in [0.05, 0.1) is 5.56 Å². The number of nitrogens with zero attached hydrogens (tertiary/aromatic N) is 3. The lowest BCUT2D eigenvalue weighted by atomic mass is 10.0. The van der Waals surface area contributed by atoms with E-state index >= 15 is 0 Å². The third kappa shape index (κ3) is 7.34. The molecule has 3 aromatic rings. The van der Waals surface area contributed by atoms with E-state index < -0.39 is 6.10 Å². The number of ether oxygens (including phenoxy) is 2. The lowest BCUT2D eigenvalue weighted by Crippen LogP contribution is -2.39. The van der Waals surface area contributed by atoms with Crippen LogP contribution in [0.4, 0.5) is 5.88 Å². The van der Waals surface area contributed by atoms with Crippen LogP contribution in [0.2, 0.25) is 0 Å². The van der Waals surface area contributed by atoms with Crippen LogP contribution in [0, 0.1) is 6.92 Å². The zero-order valence-corrected chi connectivity index (χ0v) is 22.4. The molecule has 0 bridgehead atoms. The van der Waals surface area contributed by atoms with Crippen molar-refractivity contribution in [3.63, 3.8) is 0 Å². The van der Waals surface area contributed by atoms with Crippen molar-refractivity contribution in [1.29, 1.82) is 0 Å². The number of piperidine rings is 1. The van der Waals surface area contributed by atoms with Crippen LogP contribution in [-0.4, -0.2) is 67.3 Å². The maximum atomic E-state index is 11.0. The average molecular weight is 508 g/mol. The fourth-order valence-corrected chi connectivity index (χ4v) is 5.04. The molecule has 1 aliphatic heterocycles. The fourth-order valence-electron chi connectivity index (χ4n) is 5.04. The summed E-state index contributed by atoms with van der Waals surface area (Å²) in [4.78, 5) is 4.63. The molecule has 0 spiro atoms. The molecule has 0 aliphatic carbocycles. The van der Waals surface area contributed by atoms with Crippen molar-refractivity contribution in [2.24, 2.45) is 0 Å². The summed E-state index contributed by atoms with van der Waals surface area (Å²) < 4.78 is 17.3. The lowest BCUT2D eigenvalue weighted by Gasteiger charge is -2.34. The van der Waals surface area contributed by atoms with Crippen molar-refractivity contribution in [2.75, 3.05) is 44.9 Å². The highest BCUT2D eigenvalue weighted by Gasteiger charge is 2.29. The van der Waals surface area contributed by atoms with Crippen LogP contribution in [-0.2, 0) is 11.3 Å². The molecule has 1 aromatic heterocycles. The number of hydrogen-bond acceptors (Lipinski definition) is 7. The maximum Gasteiger partial charge on any atom is 0.232 e. The number of para-hydroxylation sites is 1. The van der Waals surface area contributed by atoms with Gasteiger partial charge in [-0.1, -0.05) is 53.7 Å². The molecule has 2 aromatic carbocycles. The summed E-state index contributed by atoms with van der Waals surface area (Å²) in [5, 5.41) is 15.5. The maximum absolute atomic E-state index is 11.0. The van der Waals surface area contributed by atoms with Gasteiger partial charge in [0.15, 0.2) is 0 Å². The van der Waals surface area contributed by atoms with Crippen molar-refractivity contribution in [2.45, 2.75) is 58.2 Å². The van der Waals surface area contributed by atoms with Gasteiger partial charge < -0.3 is 24.0 Å². The first-order valence-electron chi connectivity index (χ1n) is 13.4. The van der Waals surface area contributed by atoms with Gasteiger partial charge >= 0.3 is 0 Å². The zero-order valence-electron chi connectivity index (χ0n) is 22.4. The van der Waals surface area contributed by atoms with Gasteiger partial charge in [0.25, 0.3) is 0 Å². The molecule has 200 valence electrons. The van der Waals surface area contributed by atoms with Crippen LogP contribution in [0.3, 0.4) is 0 Å². The van der Waals surface area contributed by atoms with Crippen molar-refractivity contribution in [3.05, 3.63) is 65.7 Å². The van der Waals surface area contributed by atoms with Crippen LogP contribution >= 0.6 is 0 Å². The Balaban J connectivity index is 1.55. The molecule has 2 heterocycles. The Hall–Kier alpha value is -2.87. The Morgan fingerprint density at radius 2 is 1.92 bits per heavy atom. The fraction of sp³-hybridized carbons (Fsp3) is 0.500. The van der Waals surface area contributed by atoms with Gasteiger partial charge in [-0.05, 0) is 51.2 Å². The zero-order chi connectivity index (χ0) is 26.0. The second-order valence-corrected chi connectivity index (χ2v) is 10.0. The summed E-state index contributed by atoms with van der Waals surface area (Å²) in [5.74, 6) is 1.66. The third-order valence-corrected chi connectivity index (χ3v) is 7.08. The number of benzene rings is 2. The molecule has 7 nitrogen and oxygen atoms in total. The highest BCUT2D eigenvalue weighted by Crippen LogP contribution is 2.35. The monoisotopic (exact) mass is 507 g/mol. The Bertz CT molecular complexity index is 1090. The van der Waals surface area contributed by atoms with E-state index in [4.69, 9.17) is 14.0 Å². The molecule has 0 saturated carbocycles. The molecule has 2 atom stereocenters. The van der Waals surface area contributed by atoms with E-state index in [0.29, 0.717) is 25.7 Å². The van der Waals surface area contributed by atoms with Gasteiger partial charge in [-0.2, -0.15) is 0 Å². The van der Waals surface area contributed by atoms with Crippen LogP contribution in [0.25, 0.3) is 11.3 Å². The minimum Gasteiger partial charge on any atom is -0.491 e. The van der Waals surface area contributed by atoms with Gasteiger partial charge in [0.1, 0.15) is 24.2 Å². The van der Waals surface area contributed by atoms with Gasteiger partial charge in [0.2, 0.25) is 5.88 Å². The molecule has 4 rings (SSSR count). The molecule has 1 N–H and O–H groups in total. The first-order chi connectivity index (χ1) is 18.1. The predicted octanol–water partition coefficient (Wildman–Crippen LogP) is 5.31. The number of anilines is 1. The van der Waals surface area contributed by atoms with E-state index in [2.05, 4.69) is 34.0 Å². The third-order valence-electron chi connectivity index (χ3n) is 7.08. The first kappa shape index (κ1) is 27.2. The molecule has 0 amide bonds. The number of hydrogen-bond donors (Lipinski definition) is 1. The average Bonchev–Trinajstić information content (AvgIpc) is 3.32. The summed E-state index contributed by atoms with van der Waals surface area (Å²) in [5.41, 5.74) is 4.04. The molecule has 2 unspecified atom stereocenters. The van der Waals surface area contributed by atoms with Crippen molar-refractivity contribution >= 4 is 5.88 Å². The quantitative estimate of drug-likeness (QED) is 0.315. The Kier molecular flexibility index (Phi) is 9.99. The van der Waals surface area contributed by atoms with E-state index in [-0.39, 0.29) is 6.61 Å². The largest absolute Gasteiger partial charge is 0.491 e. The van der Waals surface area contributed by atoms with Crippen molar-refractivity contribution in [1.82, 2.24) is 10.1 Å². The molecule has 1 saturated heterocycles. The molecule has 1 aliphatic rings. The van der Waals surface area contributed by atoms with E-state index in [1.807, 2.05) is 49.4 Å². The normalized spacial score (nSPS) is 16.8. The summed E-state index contributed by atoms with van der Waals surface area (Å²) in [6, 6.07) is 18.5. The molecule has 37 heavy (non-hydrogen) atoms. The smallest absolute Gasteiger partial charge is 0.232 e. The molecular weight excluding hydrogens is 466 g/mol. The number of aliphatic hydroxyl groups excluding tert-OH is 1. The van der Waals surface area contributed by atoms with Gasteiger partial charge in [-0.25, -0.2) is 0 Å². The summed E-state index contributed by atoms with van der Waals surface area (Å²) in [7, 11) is 1.72. The van der Waals surface area contributed by atoms with E-state index in [0.717, 1.165) is 66.4 Å². The second-order valence-electron chi connectivity index (χ2n) is 10.0. The van der Waals surface area contributed by atoms with Crippen molar-refractivity contribution in [3.8, 4) is 17.0 Å². The van der Waals surface area contributed by atoms with Gasteiger partial charge in [0, 0.05) is 51.5 Å². The summed E-state index contributed by atoms with van der Waals surface area (Å²) in [6.45, 7) is 8.02. The predicted molar refractivity (Wildman–Crippen MR) is 147 cm³/mol. The standard InChI is InChI=1S/C30H41N3O4/c1-23-12-7-8-16-28(23)36-22-26(34)20-32(17-11-19-35-3)21-27-29(25-14-5-4-6-15-25)31-37-30(27)33-18-10-9-13-24(33)2/h4-8,12,14-16,24,26,34H,9-11,13,17-22H2,1-3H3. The van der Waals surface area contributed by atoms with Gasteiger partial charge in [-0.15, -0.1) is 0 Å². The second kappa shape index (κ2) is 13.6. The van der Waals surface area contributed by atoms with E-state index in [9.17, 15) is 5.11 Å². The minimum atomic E-state index is -0.639. The Morgan fingerprint density at radius 1 is 1.14 bits per heavy atom. The number of rotatable bonds is 13. The van der Waals surface area contributed by atoms with Gasteiger partial charge in [-0.3, -0.25) is 4.90 Å². The number of aliphatic hydroxyl groups is 1. The highest BCUT2D eigenvalue weighted by molar-refractivity contribution is 5.68. The van der Waals surface area contributed by atoms with E-state index in [1.54, 1.807) is 7.11 Å². The molecule has 0 radical (unpaired) electrons. The number of aryl methyl sites for hydroxylation is 1.